The van der Waals surface area contributed by atoms with E-state index in [0.29, 0.717) is 19.4 Å². The Kier molecular flexibility index (Phi) is 5.69. The van der Waals surface area contributed by atoms with Crippen LogP contribution < -0.4 is 15.4 Å². The van der Waals surface area contributed by atoms with Gasteiger partial charge in [-0.2, -0.15) is 0 Å². The summed E-state index contributed by atoms with van der Waals surface area (Å²) in [7, 11) is 0. The molecule has 2 aliphatic heterocycles. The van der Waals surface area contributed by atoms with Crippen LogP contribution in [-0.2, 0) is 16.0 Å². The number of carbonyl (C=O) groups excluding carboxylic acids is 1. The van der Waals surface area contributed by atoms with E-state index < -0.39 is 35.0 Å². The molecule has 3 N–H and O–H groups in total. The molecular weight excluding hydrogens is 446 g/mol. The summed E-state index contributed by atoms with van der Waals surface area (Å²) in [5, 5.41) is 9.59. The zero-order valence-corrected chi connectivity index (χ0v) is 19.3. The van der Waals surface area contributed by atoms with Gasteiger partial charge in [-0.1, -0.05) is 0 Å². The number of fused-ring (bicyclic) bond motifs is 1. The van der Waals surface area contributed by atoms with Gasteiger partial charge in [0, 0.05) is 50.8 Å². The van der Waals surface area contributed by atoms with Crippen molar-refractivity contribution in [2.24, 2.45) is 22.5 Å². The molecule has 1 aromatic heterocycles. The lowest BCUT2D eigenvalue weighted by molar-refractivity contribution is -0.165. The van der Waals surface area contributed by atoms with Gasteiger partial charge in [-0.05, 0) is 50.6 Å². The zero-order valence-electron chi connectivity index (χ0n) is 19.3. The number of aromatic nitrogens is 1. The minimum atomic E-state index is -3.37. The van der Waals surface area contributed by atoms with E-state index in [1.165, 1.54) is 5.56 Å². The number of piperazine rings is 1. The average molecular weight is 479 g/mol. The molecule has 0 spiro atoms. The molecule has 3 heterocycles. The first kappa shape index (κ1) is 23.3. The minimum Gasteiger partial charge on any atom is -0.493 e. The number of nitrogens with zero attached hydrogens (tertiary/aromatic N) is 3. The Morgan fingerprint density at radius 2 is 1.88 bits per heavy atom. The Labute approximate surface area is 197 Å². The lowest BCUT2D eigenvalue weighted by Gasteiger charge is -2.42. The number of carboxylic acid groups (broad SMARTS) is 1. The van der Waals surface area contributed by atoms with Crippen molar-refractivity contribution in [2.75, 3.05) is 44.2 Å². The summed E-state index contributed by atoms with van der Waals surface area (Å²) < 4.78 is 34.0. The number of primary amides is 1. The largest absolute Gasteiger partial charge is 0.493 e. The molecule has 1 atom stereocenters. The van der Waals surface area contributed by atoms with Crippen molar-refractivity contribution in [3.8, 4) is 5.75 Å². The van der Waals surface area contributed by atoms with E-state index >= 15 is 0 Å². The first-order valence-electron chi connectivity index (χ1n) is 12.2. The topological polar surface area (TPSA) is 109 Å². The fourth-order valence-corrected chi connectivity index (χ4v) is 6.51. The van der Waals surface area contributed by atoms with E-state index in [-0.39, 0.29) is 18.8 Å². The molecule has 4 aliphatic rings. The van der Waals surface area contributed by atoms with Crippen molar-refractivity contribution >= 4 is 17.7 Å². The number of nitrogens with two attached hydrogens (primary N) is 1. The van der Waals surface area contributed by atoms with Crippen LogP contribution in [0.5, 0.6) is 5.75 Å². The predicted octanol–water partition coefficient (Wildman–Crippen LogP) is 2.30. The van der Waals surface area contributed by atoms with E-state index in [9.17, 15) is 23.5 Å². The van der Waals surface area contributed by atoms with Gasteiger partial charge in [0.15, 0.2) is 5.41 Å². The van der Waals surface area contributed by atoms with Crippen LogP contribution >= 0.6 is 0 Å². The van der Waals surface area contributed by atoms with Gasteiger partial charge in [0.05, 0.1) is 12.0 Å². The van der Waals surface area contributed by atoms with Crippen LogP contribution in [0.3, 0.4) is 0 Å². The zero-order chi connectivity index (χ0) is 24.1. The van der Waals surface area contributed by atoms with E-state index in [1.807, 2.05) is 6.07 Å². The molecule has 34 heavy (non-hydrogen) atoms. The highest BCUT2D eigenvalue weighted by Crippen LogP contribution is 2.72. The Hall–Kier alpha value is -2.49. The fourth-order valence-electron chi connectivity index (χ4n) is 6.51. The van der Waals surface area contributed by atoms with E-state index in [1.54, 1.807) is 6.20 Å². The van der Waals surface area contributed by atoms with Crippen molar-refractivity contribution in [1.29, 1.82) is 0 Å². The second-order valence-electron chi connectivity index (χ2n) is 10.3. The number of ether oxygens (including phenoxy) is 1. The van der Waals surface area contributed by atoms with Crippen LogP contribution in [0.4, 0.5) is 14.6 Å². The van der Waals surface area contributed by atoms with Crippen LogP contribution in [0.2, 0.25) is 0 Å². The smallest absolute Gasteiger partial charge is 0.317 e. The molecule has 1 aromatic rings. The van der Waals surface area contributed by atoms with E-state index in [2.05, 4.69) is 14.8 Å². The van der Waals surface area contributed by atoms with Crippen molar-refractivity contribution in [1.82, 2.24) is 9.88 Å². The van der Waals surface area contributed by atoms with E-state index in [4.69, 9.17) is 10.5 Å². The van der Waals surface area contributed by atoms with Gasteiger partial charge < -0.3 is 20.5 Å². The number of hydrogen-bond acceptors (Lipinski definition) is 6. The Morgan fingerprint density at radius 1 is 1.21 bits per heavy atom. The number of carbonyl (C=O) groups is 2. The average Bonchev–Trinajstić information content (AvgIpc) is 3.16. The number of alkyl halides is 2. The Morgan fingerprint density at radius 3 is 2.47 bits per heavy atom. The number of hydrogen-bond donors (Lipinski definition) is 2. The van der Waals surface area contributed by atoms with Crippen molar-refractivity contribution in [3.05, 3.63) is 17.8 Å². The molecule has 186 valence electrons. The molecule has 0 aromatic carbocycles. The molecule has 0 radical (unpaired) electrons. The maximum Gasteiger partial charge on any atom is 0.317 e. The van der Waals surface area contributed by atoms with Crippen LogP contribution in [0.1, 0.15) is 44.1 Å². The SMILES string of the molecule is NC(=O)C1(C2(C(=O)O)CC2(F)F)CCC(CCN2CCN(c3nccc4c3CCO4)CC2)CC1. The minimum absolute atomic E-state index is 0.121. The number of amides is 1. The maximum atomic E-state index is 14.2. The van der Waals surface area contributed by atoms with Crippen LogP contribution in [0.15, 0.2) is 12.3 Å². The lowest BCUT2D eigenvalue weighted by Crippen LogP contribution is -2.52. The van der Waals surface area contributed by atoms with Gasteiger partial charge in [-0.3, -0.25) is 14.5 Å². The normalized spacial score (nSPS) is 32.6. The summed E-state index contributed by atoms with van der Waals surface area (Å²) in [4.78, 5) is 33.4. The third kappa shape index (κ3) is 3.52. The van der Waals surface area contributed by atoms with Gasteiger partial charge in [0.1, 0.15) is 11.6 Å². The highest BCUT2D eigenvalue weighted by Gasteiger charge is 2.85. The number of pyridine rings is 1. The second-order valence-corrected chi connectivity index (χ2v) is 10.3. The maximum absolute atomic E-state index is 14.2. The van der Waals surface area contributed by atoms with Gasteiger partial charge in [-0.15, -0.1) is 0 Å². The molecule has 10 heteroatoms. The second kappa shape index (κ2) is 8.32. The number of carboxylic acids is 1. The monoisotopic (exact) mass is 478 g/mol. The molecule has 5 rings (SSSR count). The third-order valence-corrected chi connectivity index (χ3v) is 8.72. The number of anilines is 1. The summed E-state index contributed by atoms with van der Waals surface area (Å²) in [6, 6.07) is 1.92. The Bertz CT molecular complexity index is 974. The van der Waals surface area contributed by atoms with E-state index in [0.717, 1.165) is 57.1 Å². The van der Waals surface area contributed by atoms with Crippen LogP contribution in [-0.4, -0.2) is 72.1 Å². The van der Waals surface area contributed by atoms with Crippen LogP contribution in [0.25, 0.3) is 0 Å². The highest BCUT2D eigenvalue weighted by molar-refractivity contribution is 5.93. The first-order valence-corrected chi connectivity index (χ1v) is 12.2. The number of aliphatic carboxylic acids is 1. The third-order valence-electron chi connectivity index (χ3n) is 8.72. The predicted molar refractivity (Wildman–Crippen MR) is 120 cm³/mol. The Balaban J connectivity index is 1.13. The van der Waals surface area contributed by atoms with Crippen molar-refractivity contribution in [3.63, 3.8) is 0 Å². The van der Waals surface area contributed by atoms with Crippen molar-refractivity contribution in [2.45, 2.75) is 50.9 Å². The molecule has 1 unspecified atom stereocenters. The van der Waals surface area contributed by atoms with Crippen LogP contribution in [0, 0.1) is 16.7 Å². The summed E-state index contributed by atoms with van der Waals surface area (Å²) in [5.74, 6) is -3.63. The summed E-state index contributed by atoms with van der Waals surface area (Å²) in [6.07, 6.45) is 4.14. The number of halogens is 2. The van der Waals surface area contributed by atoms with Gasteiger partial charge in [-0.25, -0.2) is 13.8 Å². The molecule has 2 saturated carbocycles. The molecule has 1 amide bonds. The van der Waals surface area contributed by atoms with Gasteiger partial charge in [0.2, 0.25) is 5.91 Å². The molecule has 8 nitrogen and oxygen atoms in total. The first-order chi connectivity index (χ1) is 16.2. The standard InChI is InChI=1S/C24H32F2N4O4/c25-24(26)15-23(24,21(32)33)22(20(27)31)6-1-16(2-7-22)4-9-29-10-12-30(13-11-29)19-17-5-14-34-18(17)3-8-28-19/h3,8,16H,1-2,4-7,9-15H2,(H2,27,31)(H,32,33). The summed E-state index contributed by atoms with van der Waals surface area (Å²) in [6.45, 7) is 5.20. The summed E-state index contributed by atoms with van der Waals surface area (Å²) in [5.41, 5.74) is 2.76. The molecule has 0 bridgehead atoms. The molecule has 3 fully saturated rings. The summed E-state index contributed by atoms with van der Waals surface area (Å²) >= 11 is 0. The van der Waals surface area contributed by atoms with Gasteiger partial charge >= 0.3 is 5.97 Å². The lowest BCUT2D eigenvalue weighted by atomic mass is 9.60. The fraction of sp³-hybridized carbons (Fsp3) is 0.708. The molecular formula is C24H32F2N4O4. The quantitative estimate of drug-likeness (QED) is 0.619. The van der Waals surface area contributed by atoms with Gasteiger partial charge in [0.25, 0.3) is 5.92 Å². The number of rotatable bonds is 7. The highest BCUT2D eigenvalue weighted by atomic mass is 19.3. The van der Waals surface area contributed by atoms with Crippen molar-refractivity contribution < 1.29 is 28.2 Å². The molecule has 1 saturated heterocycles. The molecule has 2 aliphatic carbocycles.